The number of benzene rings is 1. The molecule has 0 unspecified atom stereocenters. The van der Waals surface area contributed by atoms with Crippen molar-refractivity contribution in [3.63, 3.8) is 0 Å². The van der Waals surface area contributed by atoms with Gasteiger partial charge in [0.05, 0.1) is 6.67 Å². The molecule has 1 aromatic carbocycles. The second-order valence-corrected chi connectivity index (χ2v) is 6.40. The van der Waals surface area contributed by atoms with E-state index in [-0.39, 0.29) is 12.7 Å². The molecule has 0 N–H and O–H groups in total. The molecule has 6 heteroatoms. The van der Waals surface area contributed by atoms with Crippen LogP contribution in [0.2, 0.25) is 0 Å². The van der Waals surface area contributed by atoms with Gasteiger partial charge in [0.15, 0.2) is 0 Å². The Bertz CT molecular complexity index is 626. The van der Waals surface area contributed by atoms with Crippen LogP contribution in [0.4, 0.5) is 4.79 Å². The maximum absolute atomic E-state index is 12.6. The Morgan fingerprint density at radius 3 is 2.33 bits per heavy atom. The van der Waals surface area contributed by atoms with Crippen LogP contribution in [0.15, 0.2) is 30.3 Å². The minimum Gasteiger partial charge on any atom is -0.281 e. The molecule has 1 aliphatic heterocycles. The number of amides is 4. The summed E-state index contributed by atoms with van der Waals surface area (Å²) in [4.78, 5) is 41.4. The molecule has 2 aliphatic rings. The standard InChI is InChI=1S/C18H23N3O3/c1-2-19(12-14-8-4-3-5-9-14)13-20-16(22)17(23)21(18(20)24)15-10-6-7-11-15/h3-5,8-9,15H,2,6-7,10-13H2,1H3. The molecular weight excluding hydrogens is 306 g/mol. The Balaban J connectivity index is 1.70. The van der Waals surface area contributed by atoms with Crippen molar-refractivity contribution in [3.8, 4) is 0 Å². The van der Waals surface area contributed by atoms with Gasteiger partial charge in [-0.05, 0) is 24.9 Å². The third kappa shape index (κ3) is 3.19. The van der Waals surface area contributed by atoms with Gasteiger partial charge < -0.3 is 0 Å². The fraction of sp³-hybridized carbons (Fsp3) is 0.500. The summed E-state index contributed by atoms with van der Waals surface area (Å²) in [6.07, 6.45) is 3.62. The average molecular weight is 329 g/mol. The average Bonchev–Trinajstić information content (AvgIpc) is 3.18. The Kier molecular flexibility index (Phi) is 4.94. The van der Waals surface area contributed by atoms with Crippen molar-refractivity contribution >= 4 is 17.8 Å². The van der Waals surface area contributed by atoms with Gasteiger partial charge in [-0.2, -0.15) is 0 Å². The van der Waals surface area contributed by atoms with Crippen molar-refractivity contribution in [2.45, 2.75) is 45.2 Å². The summed E-state index contributed by atoms with van der Waals surface area (Å²) in [6.45, 7) is 3.44. The van der Waals surface area contributed by atoms with Gasteiger partial charge in [0.25, 0.3) is 0 Å². The van der Waals surface area contributed by atoms with Crippen LogP contribution in [-0.4, -0.2) is 51.8 Å². The second-order valence-electron chi connectivity index (χ2n) is 6.40. The second kappa shape index (κ2) is 7.13. The van der Waals surface area contributed by atoms with Gasteiger partial charge in [-0.25, -0.2) is 9.69 Å². The Morgan fingerprint density at radius 2 is 1.71 bits per heavy atom. The fourth-order valence-corrected chi connectivity index (χ4v) is 3.43. The zero-order valence-electron chi connectivity index (χ0n) is 14.0. The lowest BCUT2D eigenvalue weighted by Gasteiger charge is -2.26. The van der Waals surface area contributed by atoms with Crippen molar-refractivity contribution < 1.29 is 14.4 Å². The SMILES string of the molecule is CCN(Cc1ccccc1)CN1C(=O)C(=O)N(C2CCCC2)C1=O. The van der Waals surface area contributed by atoms with Crippen molar-refractivity contribution in [1.82, 2.24) is 14.7 Å². The molecule has 1 heterocycles. The van der Waals surface area contributed by atoms with Crippen molar-refractivity contribution in [2.24, 2.45) is 0 Å². The zero-order valence-corrected chi connectivity index (χ0v) is 14.0. The topological polar surface area (TPSA) is 60.9 Å². The van der Waals surface area contributed by atoms with Crippen molar-refractivity contribution in [2.75, 3.05) is 13.2 Å². The summed E-state index contributed by atoms with van der Waals surface area (Å²) in [6, 6.07) is 9.32. The lowest BCUT2D eigenvalue weighted by molar-refractivity contribution is -0.144. The number of urea groups is 1. The van der Waals surface area contributed by atoms with E-state index in [1.165, 1.54) is 4.90 Å². The number of carbonyl (C=O) groups is 3. The van der Waals surface area contributed by atoms with Gasteiger partial charge in [0, 0.05) is 12.6 Å². The predicted octanol–water partition coefficient (Wildman–Crippen LogP) is 2.20. The zero-order chi connectivity index (χ0) is 17.1. The Labute approximate surface area is 142 Å². The van der Waals surface area contributed by atoms with Gasteiger partial charge in [-0.3, -0.25) is 19.4 Å². The van der Waals surface area contributed by atoms with Crippen molar-refractivity contribution in [3.05, 3.63) is 35.9 Å². The maximum atomic E-state index is 12.6. The molecular formula is C18H23N3O3. The van der Waals surface area contributed by atoms with Gasteiger partial charge in [-0.1, -0.05) is 50.1 Å². The summed E-state index contributed by atoms with van der Waals surface area (Å²) in [7, 11) is 0. The Morgan fingerprint density at radius 1 is 1.04 bits per heavy atom. The van der Waals surface area contributed by atoms with Crippen LogP contribution in [0.3, 0.4) is 0 Å². The first kappa shape index (κ1) is 16.6. The summed E-state index contributed by atoms with van der Waals surface area (Å²) in [5, 5.41) is 0. The van der Waals surface area contributed by atoms with Crippen LogP contribution in [0, 0.1) is 0 Å². The molecule has 3 rings (SSSR count). The van der Waals surface area contributed by atoms with Crippen LogP contribution in [-0.2, 0) is 16.1 Å². The first-order chi connectivity index (χ1) is 11.6. The normalized spacial score (nSPS) is 19.2. The van der Waals surface area contributed by atoms with Crippen molar-refractivity contribution in [1.29, 1.82) is 0 Å². The van der Waals surface area contributed by atoms with Crippen LogP contribution >= 0.6 is 0 Å². The van der Waals surface area contributed by atoms with E-state index in [1.807, 2.05) is 42.2 Å². The quantitative estimate of drug-likeness (QED) is 0.593. The predicted molar refractivity (Wildman–Crippen MR) is 88.7 cm³/mol. The smallest absolute Gasteiger partial charge is 0.281 e. The van der Waals surface area contributed by atoms with Gasteiger partial charge in [0.2, 0.25) is 0 Å². The molecule has 6 nitrogen and oxygen atoms in total. The van der Waals surface area contributed by atoms with Gasteiger partial charge in [0.1, 0.15) is 0 Å². The summed E-state index contributed by atoms with van der Waals surface area (Å²) in [5.74, 6) is -1.36. The van der Waals surface area contributed by atoms with Crippen LogP contribution in [0.5, 0.6) is 0 Å². The lowest BCUT2D eigenvalue weighted by Crippen LogP contribution is -2.43. The van der Waals surface area contributed by atoms with E-state index >= 15 is 0 Å². The summed E-state index contributed by atoms with van der Waals surface area (Å²) >= 11 is 0. The van der Waals surface area contributed by atoms with E-state index in [2.05, 4.69) is 0 Å². The molecule has 0 aromatic heterocycles. The molecule has 1 saturated heterocycles. The molecule has 2 fully saturated rings. The fourth-order valence-electron chi connectivity index (χ4n) is 3.43. The number of imide groups is 2. The molecule has 0 radical (unpaired) electrons. The van der Waals surface area contributed by atoms with Crippen LogP contribution < -0.4 is 0 Å². The summed E-state index contributed by atoms with van der Waals surface area (Å²) < 4.78 is 0. The third-order valence-corrected chi connectivity index (χ3v) is 4.81. The van der Waals surface area contributed by atoms with Gasteiger partial charge in [-0.15, -0.1) is 0 Å². The highest BCUT2D eigenvalue weighted by Gasteiger charge is 2.48. The molecule has 4 amide bonds. The highest BCUT2D eigenvalue weighted by atomic mass is 16.2. The Hall–Kier alpha value is -2.21. The number of hydrogen-bond acceptors (Lipinski definition) is 4. The first-order valence-electron chi connectivity index (χ1n) is 8.57. The van der Waals surface area contributed by atoms with E-state index in [0.29, 0.717) is 13.1 Å². The lowest BCUT2D eigenvalue weighted by atomic mass is 10.2. The molecule has 0 atom stereocenters. The molecule has 0 spiro atoms. The molecule has 1 saturated carbocycles. The third-order valence-electron chi connectivity index (χ3n) is 4.81. The largest absolute Gasteiger partial charge is 0.335 e. The minimum atomic E-state index is -0.696. The number of nitrogens with zero attached hydrogens (tertiary/aromatic N) is 3. The number of rotatable bonds is 6. The van der Waals surface area contributed by atoms with E-state index in [1.54, 1.807) is 0 Å². The maximum Gasteiger partial charge on any atom is 0.335 e. The van der Waals surface area contributed by atoms with Crippen LogP contribution in [0.25, 0.3) is 0 Å². The van der Waals surface area contributed by atoms with Gasteiger partial charge >= 0.3 is 17.8 Å². The molecule has 128 valence electrons. The molecule has 24 heavy (non-hydrogen) atoms. The summed E-state index contributed by atoms with van der Waals surface area (Å²) in [5.41, 5.74) is 1.11. The van der Waals surface area contributed by atoms with E-state index in [9.17, 15) is 14.4 Å². The van der Waals surface area contributed by atoms with Crippen LogP contribution in [0.1, 0.15) is 38.2 Å². The highest BCUT2D eigenvalue weighted by molar-refractivity contribution is 6.44. The molecule has 1 aliphatic carbocycles. The number of carbonyl (C=O) groups excluding carboxylic acids is 3. The molecule has 0 bridgehead atoms. The first-order valence-corrected chi connectivity index (χ1v) is 8.57. The number of hydrogen-bond donors (Lipinski definition) is 0. The minimum absolute atomic E-state index is 0.108. The molecule has 1 aromatic rings. The monoisotopic (exact) mass is 329 g/mol. The van der Waals surface area contributed by atoms with E-state index < -0.39 is 17.8 Å². The van der Waals surface area contributed by atoms with E-state index in [4.69, 9.17) is 0 Å². The highest BCUT2D eigenvalue weighted by Crippen LogP contribution is 2.27. The van der Waals surface area contributed by atoms with E-state index in [0.717, 1.165) is 36.1 Å².